The van der Waals surface area contributed by atoms with Gasteiger partial charge < -0.3 is 10.1 Å². The number of nitrogens with zero attached hydrogens (tertiary/aromatic N) is 2. The summed E-state index contributed by atoms with van der Waals surface area (Å²) in [5.41, 5.74) is 2.05. The van der Waals surface area contributed by atoms with Gasteiger partial charge in [0.2, 0.25) is 5.91 Å². The predicted octanol–water partition coefficient (Wildman–Crippen LogP) is 1.45. The maximum atomic E-state index is 11.7. The predicted molar refractivity (Wildman–Crippen MR) is 87.5 cm³/mol. The first kappa shape index (κ1) is 16.7. The van der Waals surface area contributed by atoms with E-state index in [2.05, 4.69) is 10.3 Å². The lowest BCUT2D eigenvalue weighted by Gasteiger charge is -2.09. The van der Waals surface area contributed by atoms with E-state index < -0.39 is 0 Å². The zero-order valence-corrected chi connectivity index (χ0v) is 13.4. The molecule has 23 heavy (non-hydrogen) atoms. The van der Waals surface area contributed by atoms with Crippen molar-refractivity contribution in [1.82, 2.24) is 14.9 Å². The van der Waals surface area contributed by atoms with Crippen LogP contribution in [0.3, 0.4) is 0 Å². The van der Waals surface area contributed by atoms with Crippen LogP contribution in [0.15, 0.2) is 41.5 Å². The second kappa shape index (κ2) is 8.12. The second-order valence-electron chi connectivity index (χ2n) is 5.29. The van der Waals surface area contributed by atoms with Crippen LogP contribution in [0.2, 0.25) is 0 Å². The molecule has 0 saturated carbocycles. The van der Waals surface area contributed by atoms with Gasteiger partial charge in [-0.2, -0.15) is 0 Å². The monoisotopic (exact) mass is 315 g/mol. The van der Waals surface area contributed by atoms with E-state index in [9.17, 15) is 9.59 Å². The Balaban J connectivity index is 1.68. The summed E-state index contributed by atoms with van der Waals surface area (Å²) < 4.78 is 7.02. The molecule has 0 aliphatic heterocycles. The van der Waals surface area contributed by atoms with Crippen LogP contribution in [0.1, 0.15) is 17.5 Å². The first-order chi connectivity index (χ1) is 11.1. The number of carbonyl (C=O) groups is 1. The summed E-state index contributed by atoms with van der Waals surface area (Å²) in [6.45, 7) is 5.17. The lowest BCUT2D eigenvalue weighted by Crippen LogP contribution is -2.31. The van der Waals surface area contributed by atoms with Gasteiger partial charge in [0, 0.05) is 25.5 Å². The van der Waals surface area contributed by atoms with Crippen molar-refractivity contribution in [3.63, 3.8) is 0 Å². The molecule has 1 aromatic heterocycles. The Kier molecular flexibility index (Phi) is 5.91. The summed E-state index contributed by atoms with van der Waals surface area (Å²) in [5, 5.41) is 2.76. The number of hydrogen-bond acceptors (Lipinski definition) is 4. The van der Waals surface area contributed by atoms with Crippen LogP contribution in [0.25, 0.3) is 0 Å². The molecule has 0 fully saturated rings. The van der Waals surface area contributed by atoms with Crippen LogP contribution in [0, 0.1) is 13.8 Å². The minimum absolute atomic E-state index is 0.106. The third-order valence-corrected chi connectivity index (χ3v) is 3.53. The molecule has 0 bridgehead atoms. The van der Waals surface area contributed by atoms with Crippen molar-refractivity contribution in [3.8, 4) is 5.75 Å². The van der Waals surface area contributed by atoms with Crippen LogP contribution in [-0.2, 0) is 11.3 Å². The lowest BCUT2D eigenvalue weighted by molar-refractivity contribution is -0.121. The fourth-order valence-electron chi connectivity index (χ4n) is 2.03. The molecule has 6 heteroatoms. The number of ether oxygens (including phenoxy) is 1. The van der Waals surface area contributed by atoms with Crippen molar-refractivity contribution in [2.75, 3.05) is 13.2 Å². The summed E-state index contributed by atoms with van der Waals surface area (Å²) >= 11 is 0. The normalized spacial score (nSPS) is 10.3. The molecule has 0 spiro atoms. The van der Waals surface area contributed by atoms with Crippen molar-refractivity contribution in [1.29, 1.82) is 0 Å². The molecular formula is C17H21N3O3. The average molecular weight is 315 g/mol. The van der Waals surface area contributed by atoms with Crippen LogP contribution in [0.4, 0.5) is 0 Å². The van der Waals surface area contributed by atoms with E-state index in [-0.39, 0.29) is 18.0 Å². The number of hydrogen-bond donors (Lipinski definition) is 1. The molecule has 0 saturated heterocycles. The maximum absolute atomic E-state index is 11.7. The Labute approximate surface area is 135 Å². The molecule has 1 aromatic carbocycles. The molecule has 122 valence electrons. The molecular weight excluding hydrogens is 294 g/mol. The molecule has 2 rings (SSSR count). The van der Waals surface area contributed by atoms with Gasteiger partial charge in [0.1, 0.15) is 5.75 Å². The van der Waals surface area contributed by atoms with E-state index in [1.54, 1.807) is 12.3 Å². The Hall–Kier alpha value is -2.63. The highest BCUT2D eigenvalue weighted by Gasteiger charge is 2.03. The Bertz CT molecular complexity index is 725. The van der Waals surface area contributed by atoms with Gasteiger partial charge in [-0.05, 0) is 43.2 Å². The molecule has 2 aromatic rings. The molecule has 0 unspecified atom stereocenters. The van der Waals surface area contributed by atoms with E-state index in [0.29, 0.717) is 19.7 Å². The van der Waals surface area contributed by atoms with Gasteiger partial charge in [-0.1, -0.05) is 6.07 Å². The summed E-state index contributed by atoms with van der Waals surface area (Å²) in [5.74, 6) is 0.661. The first-order valence-electron chi connectivity index (χ1n) is 7.54. The van der Waals surface area contributed by atoms with Crippen molar-refractivity contribution in [2.45, 2.75) is 26.8 Å². The quantitative estimate of drug-likeness (QED) is 0.839. The summed E-state index contributed by atoms with van der Waals surface area (Å²) in [6.07, 6.45) is 3.36. The van der Waals surface area contributed by atoms with Crippen molar-refractivity contribution in [3.05, 3.63) is 58.3 Å². The fourth-order valence-corrected chi connectivity index (χ4v) is 2.03. The van der Waals surface area contributed by atoms with E-state index in [1.807, 2.05) is 32.0 Å². The minimum atomic E-state index is -0.320. The van der Waals surface area contributed by atoms with Crippen LogP contribution in [-0.4, -0.2) is 28.6 Å². The second-order valence-corrected chi connectivity index (χ2v) is 5.29. The van der Waals surface area contributed by atoms with Gasteiger partial charge in [-0.15, -0.1) is 0 Å². The van der Waals surface area contributed by atoms with E-state index >= 15 is 0 Å². The van der Waals surface area contributed by atoms with Crippen molar-refractivity contribution >= 4 is 5.91 Å². The summed E-state index contributed by atoms with van der Waals surface area (Å²) in [7, 11) is 0. The molecule has 1 amide bonds. The molecule has 1 N–H and O–H groups in total. The van der Waals surface area contributed by atoms with Gasteiger partial charge in [0.15, 0.2) is 0 Å². The van der Waals surface area contributed by atoms with Gasteiger partial charge in [-0.25, -0.2) is 9.78 Å². The fraction of sp³-hybridized carbons (Fsp3) is 0.353. The van der Waals surface area contributed by atoms with E-state index in [1.165, 1.54) is 16.3 Å². The smallest absolute Gasteiger partial charge is 0.347 e. The first-order valence-corrected chi connectivity index (χ1v) is 7.54. The molecule has 0 aliphatic rings. The standard InChI is InChI=1S/C17H21N3O3/c1-13-4-5-15(12-14(13)2)23-11-6-16(21)18-8-10-20-9-3-7-19-17(20)22/h3-5,7,9,12H,6,8,10-11H2,1-2H3,(H,18,21). The number of aromatic nitrogens is 2. The van der Waals surface area contributed by atoms with E-state index in [4.69, 9.17) is 4.74 Å². The molecule has 0 aliphatic carbocycles. The number of rotatable bonds is 7. The number of nitrogens with one attached hydrogen (secondary N) is 1. The van der Waals surface area contributed by atoms with Gasteiger partial charge in [-0.3, -0.25) is 9.36 Å². The van der Waals surface area contributed by atoms with Gasteiger partial charge in [0.25, 0.3) is 0 Å². The van der Waals surface area contributed by atoms with Gasteiger partial charge in [0.05, 0.1) is 13.0 Å². The third-order valence-electron chi connectivity index (χ3n) is 3.53. The topological polar surface area (TPSA) is 73.2 Å². The van der Waals surface area contributed by atoms with Crippen LogP contribution >= 0.6 is 0 Å². The Morgan fingerprint density at radius 3 is 2.87 bits per heavy atom. The molecule has 6 nitrogen and oxygen atoms in total. The largest absolute Gasteiger partial charge is 0.493 e. The Morgan fingerprint density at radius 1 is 1.30 bits per heavy atom. The van der Waals surface area contributed by atoms with Crippen LogP contribution in [0.5, 0.6) is 5.75 Å². The number of aryl methyl sites for hydroxylation is 2. The summed E-state index contributed by atoms with van der Waals surface area (Å²) in [4.78, 5) is 26.8. The number of benzene rings is 1. The van der Waals surface area contributed by atoms with Crippen molar-refractivity contribution in [2.24, 2.45) is 0 Å². The van der Waals surface area contributed by atoms with Crippen LogP contribution < -0.4 is 15.7 Å². The minimum Gasteiger partial charge on any atom is -0.493 e. The SMILES string of the molecule is Cc1ccc(OCCC(=O)NCCn2cccnc2=O)cc1C. The highest BCUT2D eigenvalue weighted by molar-refractivity contribution is 5.75. The molecule has 0 radical (unpaired) electrons. The average Bonchev–Trinajstić information content (AvgIpc) is 2.53. The molecule has 0 atom stereocenters. The third kappa shape index (κ3) is 5.25. The maximum Gasteiger partial charge on any atom is 0.347 e. The molecule has 1 heterocycles. The zero-order valence-electron chi connectivity index (χ0n) is 13.4. The van der Waals surface area contributed by atoms with Gasteiger partial charge >= 0.3 is 5.69 Å². The number of carbonyl (C=O) groups excluding carboxylic acids is 1. The Morgan fingerprint density at radius 2 is 2.13 bits per heavy atom. The van der Waals surface area contributed by atoms with Crippen molar-refractivity contribution < 1.29 is 9.53 Å². The number of amides is 1. The highest BCUT2D eigenvalue weighted by Crippen LogP contribution is 2.16. The summed E-state index contributed by atoms with van der Waals surface area (Å²) in [6, 6.07) is 7.54. The highest BCUT2D eigenvalue weighted by atomic mass is 16.5. The zero-order chi connectivity index (χ0) is 16.7. The lowest BCUT2D eigenvalue weighted by atomic mass is 10.1. The van der Waals surface area contributed by atoms with E-state index in [0.717, 1.165) is 11.3 Å².